The van der Waals surface area contributed by atoms with Crippen molar-refractivity contribution in [2.45, 2.75) is 15.2 Å². The van der Waals surface area contributed by atoms with E-state index in [0.29, 0.717) is 31.0 Å². The average molecular weight is 550 g/mol. The van der Waals surface area contributed by atoms with Crippen LogP contribution < -0.4 is 16.6 Å². The molecule has 0 spiro atoms. The van der Waals surface area contributed by atoms with Crippen molar-refractivity contribution in [3.05, 3.63) is 70.5 Å². The van der Waals surface area contributed by atoms with Crippen LogP contribution in [0.3, 0.4) is 0 Å². The number of amides is 1. The molecule has 0 saturated carbocycles. The monoisotopic (exact) mass is 549 g/mol. The largest absolute Gasteiger partial charge is 0.334 e. The van der Waals surface area contributed by atoms with Gasteiger partial charge in [-0.1, -0.05) is 76.8 Å². The molecule has 4 N–H and O–H groups in total. The second-order valence-electron chi connectivity index (χ2n) is 6.69. The number of carbonyl (C=O) groups excluding carboxylic acids is 1. The maximum Gasteiger partial charge on any atom is 0.264 e. The molecular formula is C20H17ClFN9OS3. The number of anilines is 2. The van der Waals surface area contributed by atoms with Crippen LogP contribution in [0.5, 0.6) is 0 Å². The molecule has 0 fully saturated rings. The Labute approximate surface area is 216 Å². The predicted molar refractivity (Wildman–Crippen MR) is 138 cm³/mol. The minimum Gasteiger partial charge on any atom is -0.334 e. The van der Waals surface area contributed by atoms with Gasteiger partial charge in [-0.05, 0) is 29.3 Å². The summed E-state index contributed by atoms with van der Waals surface area (Å²) in [4.78, 5) is 12.3. The second kappa shape index (κ2) is 12.0. The van der Waals surface area contributed by atoms with Gasteiger partial charge >= 0.3 is 0 Å². The first-order valence-electron chi connectivity index (χ1n) is 9.85. The molecule has 15 heteroatoms. The summed E-state index contributed by atoms with van der Waals surface area (Å²) in [6.07, 6.45) is 1.48. The number of aromatic nitrogens is 5. The Bertz CT molecular complexity index is 1330. The zero-order chi connectivity index (χ0) is 24.6. The maximum atomic E-state index is 12.9. The first kappa shape index (κ1) is 24.9. The molecule has 0 aliphatic heterocycles. The van der Waals surface area contributed by atoms with Crippen molar-refractivity contribution < 1.29 is 9.18 Å². The fraction of sp³-hybridized carbons (Fsp3) is 0.100. The van der Waals surface area contributed by atoms with Gasteiger partial charge in [0.05, 0.1) is 12.0 Å². The number of nitrogens with two attached hydrogens (primary N) is 1. The van der Waals surface area contributed by atoms with Crippen LogP contribution in [0, 0.1) is 5.82 Å². The number of nitrogen functional groups attached to an aromatic ring is 1. The number of carbonyl (C=O) groups is 1. The van der Waals surface area contributed by atoms with Gasteiger partial charge in [0.1, 0.15) is 5.82 Å². The second-order valence-corrected chi connectivity index (χ2v) is 10.2. The van der Waals surface area contributed by atoms with Crippen LogP contribution >= 0.6 is 46.5 Å². The Kier molecular flexibility index (Phi) is 8.52. The molecule has 180 valence electrons. The zero-order valence-corrected chi connectivity index (χ0v) is 21.0. The maximum absolute atomic E-state index is 12.9. The molecule has 2 aromatic heterocycles. The summed E-state index contributed by atoms with van der Waals surface area (Å²) in [5, 5.41) is 24.0. The molecule has 2 heterocycles. The number of rotatable bonds is 10. The Morgan fingerprint density at radius 1 is 1.14 bits per heavy atom. The highest BCUT2D eigenvalue weighted by molar-refractivity contribution is 8.00. The van der Waals surface area contributed by atoms with Gasteiger partial charge in [0, 0.05) is 10.8 Å². The zero-order valence-electron chi connectivity index (χ0n) is 17.8. The molecule has 4 aromatic rings. The molecule has 4 rings (SSSR count). The lowest BCUT2D eigenvalue weighted by Gasteiger charge is -2.03. The lowest BCUT2D eigenvalue weighted by atomic mass is 10.2. The quantitative estimate of drug-likeness (QED) is 0.0877. The summed E-state index contributed by atoms with van der Waals surface area (Å²) >= 11 is 10.0. The summed E-state index contributed by atoms with van der Waals surface area (Å²) in [7, 11) is 0. The molecule has 1 amide bonds. The van der Waals surface area contributed by atoms with Crippen LogP contribution in [0.4, 0.5) is 15.5 Å². The van der Waals surface area contributed by atoms with Crippen LogP contribution in [-0.4, -0.2) is 42.9 Å². The SMILES string of the molecule is Nn1c(N/N=C/c2ccc(F)cc2)nnc1SCC(=O)Nc1nnc(SCc2ccccc2Cl)s1. The lowest BCUT2D eigenvalue weighted by Crippen LogP contribution is -2.16. The topological polar surface area (TPSA) is 136 Å². The van der Waals surface area contributed by atoms with Crippen LogP contribution in [0.15, 0.2) is 63.1 Å². The number of nitrogens with zero attached hydrogens (tertiary/aromatic N) is 6. The van der Waals surface area contributed by atoms with E-state index in [1.807, 2.05) is 24.3 Å². The van der Waals surface area contributed by atoms with Gasteiger partial charge in [-0.2, -0.15) is 5.10 Å². The lowest BCUT2D eigenvalue weighted by molar-refractivity contribution is -0.113. The standard InChI is InChI=1S/C20H17ClFN9OS3/c21-15-4-2-1-3-13(15)10-34-20-30-28-18(35-20)25-16(32)11-33-19-29-27-17(31(19)23)26-24-9-12-5-7-14(22)8-6-12/h1-9H,10-11,23H2,(H,26,27)(H,25,28,32)/b24-9+. The molecule has 0 radical (unpaired) electrons. The third-order valence-electron chi connectivity index (χ3n) is 4.21. The minimum atomic E-state index is -0.332. The molecule has 0 saturated heterocycles. The summed E-state index contributed by atoms with van der Waals surface area (Å²) < 4.78 is 14.8. The van der Waals surface area contributed by atoms with Gasteiger partial charge < -0.3 is 5.84 Å². The van der Waals surface area contributed by atoms with Crippen LogP contribution in [0.25, 0.3) is 0 Å². The van der Waals surface area contributed by atoms with E-state index in [1.54, 1.807) is 12.1 Å². The molecule has 0 bridgehead atoms. The number of benzene rings is 2. The molecule has 10 nitrogen and oxygen atoms in total. The third-order valence-corrected chi connectivity index (χ3v) is 7.54. The number of nitrogens with one attached hydrogen (secondary N) is 2. The normalized spacial score (nSPS) is 11.1. The van der Waals surface area contributed by atoms with Crippen molar-refractivity contribution in [3.8, 4) is 0 Å². The Morgan fingerprint density at radius 3 is 2.74 bits per heavy atom. The number of halogens is 2. The Morgan fingerprint density at radius 2 is 1.94 bits per heavy atom. The highest BCUT2D eigenvalue weighted by Crippen LogP contribution is 2.30. The Hall–Kier alpha value is -3.20. The van der Waals surface area contributed by atoms with Gasteiger partial charge in [-0.3, -0.25) is 10.1 Å². The van der Waals surface area contributed by atoms with Crippen LogP contribution in [0.1, 0.15) is 11.1 Å². The van der Waals surface area contributed by atoms with E-state index >= 15 is 0 Å². The molecule has 0 atom stereocenters. The molecule has 35 heavy (non-hydrogen) atoms. The Balaban J connectivity index is 1.23. The van der Waals surface area contributed by atoms with Crippen molar-refractivity contribution >= 4 is 69.7 Å². The van der Waals surface area contributed by atoms with Crippen molar-refractivity contribution in [2.75, 3.05) is 22.3 Å². The summed E-state index contributed by atoms with van der Waals surface area (Å²) in [5.41, 5.74) is 4.34. The van der Waals surface area contributed by atoms with Crippen LogP contribution in [0.2, 0.25) is 5.02 Å². The van der Waals surface area contributed by atoms with E-state index in [0.717, 1.165) is 17.3 Å². The van der Waals surface area contributed by atoms with Crippen molar-refractivity contribution in [3.63, 3.8) is 0 Å². The summed E-state index contributed by atoms with van der Waals surface area (Å²) in [6, 6.07) is 13.4. The number of hydrazone groups is 1. The molecule has 0 aliphatic carbocycles. The fourth-order valence-corrected chi connectivity index (χ4v) is 5.23. The first-order valence-corrected chi connectivity index (χ1v) is 13.0. The fourth-order valence-electron chi connectivity index (χ4n) is 2.52. The van der Waals surface area contributed by atoms with Gasteiger partial charge in [0.2, 0.25) is 16.2 Å². The minimum absolute atomic E-state index is 0.0376. The first-order chi connectivity index (χ1) is 17.0. The molecular weight excluding hydrogens is 533 g/mol. The summed E-state index contributed by atoms with van der Waals surface area (Å²) in [5.74, 6) is 6.20. The molecule has 2 aromatic carbocycles. The third kappa shape index (κ3) is 7.14. The highest BCUT2D eigenvalue weighted by atomic mass is 35.5. The number of thioether (sulfide) groups is 2. The van der Waals surface area contributed by atoms with Gasteiger partial charge in [0.15, 0.2) is 4.34 Å². The molecule has 0 unspecified atom stereocenters. The molecule has 0 aliphatic rings. The van der Waals surface area contributed by atoms with E-state index in [9.17, 15) is 9.18 Å². The number of hydrogen-bond acceptors (Lipinski definition) is 11. The van der Waals surface area contributed by atoms with E-state index in [1.165, 1.54) is 46.1 Å². The van der Waals surface area contributed by atoms with Crippen molar-refractivity contribution in [2.24, 2.45) is 5.10 Å². The van der Waals surface area contributed by atoms with Gasteiger partial charge in [-0.15, -0.1) is 20.4 Å². The number of hydrogen-bond donors (Lipinski definition) is 3. The van der Waals surface area contributed by atoms with E-state index < -0.39 is 0 Å². The summed E-state index contributed by atoms with van der Waals surface area (Å²) in [6.45, 7) is 0. The van der Waals surface area contributed by atoms with Crippen molar-refractivity contribution in [1.82, 2.24) is 25.1 Å². The van der Waals surface area contributed by atoms with Crippen LogP contribution in [-0.2, 0) is 10.5 Å². The van der Waals surface area contributed by atoms with E-state index in [2.05, 4.69) is 36.2 Å². The van der Waals surface area contributed by atoms with Crippen molar-refractivity contribution in [1.29, 1.82) is 0 Å². The van der Waals surface area contributed by atoms with E-state index in [-0.39, 0.29) is 23.4 Å². The average Bonchev–Trinajstić information content (AvgIpc) is 3.44. The van der Waals surface area contributed by atoms with E-state index in [4.69, 9.17) is 17.4 Å². The highest BCUT2D eigenvalue weighted by Gasteiger charge is 2.14. The van der Waals surface area contributed by atoms with Gasteiger partial charge in [0.25, 0.3) is 5.95 Å². The van der Waals surface area contributed by atoms with Gasteiger partial charge in [-0.25, -0.2) is 14.5 Å². The predicted octanol–water partition coefficient (Wildman–Crippen LogP) is 4.11. The smallest absolute Gasteiger partial charge is 0.264 e.